The number of nitrogens with zero attached hydrogens (tertiary/aromatic N) is 4. The molecule has 6 nitrogen and oxygen atoms in total. The van der Waals surface area contributed by atoms with Gasteiger partial charge in [-0.05, 0) is 59.3 Å². The fourth-order valence-corrected chi connectivity index (χ4v) is 4.50. The summed E-state index contributed by atoms with van der Waals surface area (Å²) in [5.74, 6) is 1.36. The van der Waals surface area contributed by atoms with Crippen LogP contribution in [0.4, 0.5) is 5.82 Å². The van der Waals surface area contributed by atoms with E-state index >= 15 is 0 Å². The average Bonchev–Trinajstić information content (AvgIpc) is 2.93. The maximum atomic E-state index is 12.4. The summed E-state index contributed by atoms with van der Waals surface area (Å²) in [6, 6.07) is 0. The van der Waals surface area contributed by atoms with Gasteiger partial charge in [0.05, 0.1) is 5.39 Å². The first-order valence-electron chi connectivity index (χ1n) is 9.35. The van der Waals surface area contributed by atoms with Crippen molar-refractivity contribution in [2.24, 2.45) is 5.92 Å². The second-order valence-electron chi connectivity index (χ2n) is 7.37. The molecule has 3 rings (SSSR count). The van der Waals surface area contributed by atoms with Crippen LogP contribution in [0.25, 0.3) is 10.2 Å². The standard InChI is InChI=1S/C19H29N5OS/c1-13-14(2)26-19-16(13)17(21-12-22-19)24-10-6-15(7-11-24)18(25)20-8-5-9-23(3)4/h12,15H,5-11H2,1-4H3,(H,20,25). The van der Waals surface area contributed by atoms with E-state index in [9.17, 15) is 4.79 Å². The molecule has 0 aromatic carbocycles. The molecule has 1 N–H and O–H groups in total. The lowest BCUT2D eigenvalue weighted by Gasteiger charge is -2.32. The highest BCUT2D eigenvalue weighted by Gasteiger charge is 2.27. The van der Waals surface area contributed by atoms with Crippen LogP contribution in [0.5, 0.6) is 0 Å². The fourth-order valence-electron chi connectivity index (χ4n) is 3.51. The van der Waals surface area contributed by atoms with Gasteiger partial charge in [0.15, 0.2) is 0 Å². The Morgan fingerprint density at radius 2 is 2.04 bits per heavy atom. The Hall–Kier alpha value is -1.73. The molecule has 0 unspecified atom stereocenters. The van der Waals surface area contributed by atoms with Gasteiger partial charge >= 0.3 is 0 Å². The Bertz CT molecular complexity index is 765. The minimum absolute atomic E-state index is 0.119. The highest BCUT2D eigenvalue weighted by molar-refractivity contribution is 7.18. The predicted octanol–water partition coefficient (Wildman–Crippen LogP) is 2.59. The van der Waals surface area contributed by atoms with Crippen molar-refractivity contribution in [3.8, 4) is 0 Å². The fraction of sp³-hybridized carbons (Fsp3) is 0.632. The Balaban J connectivity index is 1.58. The second kappa shape index (κ2) is 8.31. The van der Waals surface area contributed by atoms with Gasteiger partial charge in [-0.2, -0.15) is 0 Å². The van der Waals surface area contributed by atoms with Gasteiger partial charge in [-0.25, -0.2) is 9.97 Å². The third-order valence-corrected chi connectivity index (χ3v) is 6.31. The van der Waals surface area contributed by atoms with Crippen LogP contribution >= 0.6 is 11.3 Å². The largest absolute Gasteiger partial charge is 0.356 e. The van der Waals surface area contributed by atoms with Crippen molar-refractivity contribution in [1.29, 1.82) is 0 Å². The molecule has 0 radical (unpaired) electrons. The van der Waals surface area contributed by atoms with Gasteiger partial charge in [0.2, 0.25) is 5.91 Å². The number of thiophene rings is 1. The van der Waals surface area contributed by atoms with Crippen LogP contribution in [-0.4, -0.2) is 61.0 Å². The summed E-state index contributed by atoms with van der Waals surface area (Å²) in [5.41, 5.74) is 1.28. The molecular weight excluding hydrogens is 346 g/mol. The highest BCUT2D eigenvalue weighted by Crippen LogP contribution is 2.35. The first-order valence-corrected chi connectivity index (χ1v) is 10.2. The van der Waals surface area contributed by atoms with Gasteiger partial charge in [0.25, 0.3) is 0 Å². The summed E-state index contributed by atoms with van der Waals surface area (Å²) in [6.45, 7) is 7.79. The van der Waals surface area contributed by atoms with E-state index < -0.39 is 0 Å². The Morgan fingerprint density at radius 3 is 2.73 bits per heavy atom. The predicted molar refractivity (Wildman–Crippen MR) is 108 cm³/mol. The minimum atomic E-state index is 0.119. The van der Waals surface area contributed by atoms with Gasteiger partial charge in [-0.3, -0.25) is 4.79 Å². The van der Waals surface area contributed by atoms with Crippen molar-refractivity contribution in [2.75, 3.05) is 45.2 Å². The van der Waals surface area contributed by atoms with Crippen molar-refractivity contribution in [3.05, 3.63) is 16.8 Å². The third-order valence-electron chi connectivity index (χ3n) is 5.19. The maximum absolute atomic E-state index is 12.4. The molecule has 2 aromatic rings. The van der Waals surface area contributed by atoms with Crippen molar-refractivity contribution in [2.45, 2.75) is 33.1 Å². The molecule has 7 heteroatoms. The number of hydrogen-bond donors (Lipinski definition) is 1. The molecule has 1 aliphatic rings. The molecule has 0 saturated carbocycles. The lowest BCUT2D eigenvalue weighted by Crippen LogP contribution is -2.41. The lowest BCUT2D eigenvalue weighted by molar-refractivity contribution is -0.125. The zero-order chi connectivity index (χ0) is 18.7. The quantitative estimate of drug-likeness (QED) is 0.787. The molecule has 1 aliphatic heterocycles. The van der Waals surface area contributed by atoms with E-state index in [1.54, 1.807) is 17.7 Å². The van der Waals surface area contributed by atoms with Crippen LogP contribution < -0.4 is 10.2 Å². The zero-order valence-corrected chi connectivity index (χ0v) is 17.0. The molecule has 1 amide bonds. The summed E-state index contributed by atoms with van der Waals surface area (Å²) in [4.78, 5) is 28.2. The number of rotatable bonds is 6. The molecule has 0 aliphatic carbocycles. The Kier molecular flexibility index (Phi) is 6.09. The molecular formula is C19H29N5OS. The summed E-state index contributed by atoms with van der Waals surface area (Å²) < 4.78 is 0. The number of aryl methyl sites for hydroxylation is 2. The molecule has 0 atom stereocenters. The lowest BCUT2D eigenvalue weighted by atomic mass is 9.95. The maximum Gasteiger partial charge on any atom is 0.223 e. The molecule has 0 spiro atoms. The molecule has 0 bridgehead atoms. The van der Waals surface area contributed by atoms with Crippen LogP contribution in [0.15, 0.2) is 6.33 Å². The van der Waals surface area contributed by atoms with Crippen molar-refractivity contribution in [1.82, 2.24) is 20.2 Å². The topological polar surface area (TPSA) is 61.4 Å². The molecule has 26 heavy (non-hydrogen) atoms. The summed E-state index contributed by atoms with van der Waals surface area (Å²) in [6.07, 6.45) is 4.42. The first kappa shape index (κ1) is 19.0. The normalized spacial score (nSPS) is 15.8. The van der Waals surface area contributed by atoms with E-state index in [4.69, 9.17) is 0 Å². The van der Waals surface area contributed by atoms with Gasteiger partial charge in [-0.15, -0.1) is 11.3 Å². The number of fused-ring (bicyclic) bond motifs is 1. The van der Waals surface area contributed by atoms with Crippen molar-refractivity contribution < 1.29 is 4.79 Å². The molecule has 2 aromatic heterocycles. The van der Waals surface area contributed by atoms with E-state index in [1.807, 2.05) is 0 Å². The number of carbonyl (C=O) groups excluding carboxylic acids is 1. The second-order valence-corrected chi connectivity index (χ2v) is 8.57. The van der Waals surface area contributed by atoms with Gasteiger partial charge < -0.3 is 15.1 Å². The molecule has 3 heterocycles. The van der Waals surface area contributed by atoms with E-state index in [2.05, 4.69) is 53.0 Å². The first-order chi connectivity index (χ1) is 12.5. The molecule has 1 saturated heterocycles. The van der Waals surface area contributed by atoms with Crippen LogP contribution in [0.2, 0.25) is 0 Å². The Morgan fingerprint density at radius 1 is 1.31 bits per heavy atom. The monoisotopic (exact) mass is 375 g/mol. The number of hydrogen-bond acceptors (Lipinski definition) is 6. The van der Waals surface area contributed by atoms with Crippen LogP contribution in [0.3, 0.4) is 0 Å². The van der Waals surface area contributed by atoms with E-state index in [0.717, 1.165) is 56.1 Å². The minimum Gasteiger partial charge on any atom is -0.356 e. The summed E-state index contributed by atoms with van der Waals surface area (Å²) in [7, 11) is 4.11. The number of piperidine rings is 1. The van der Waals surface area contributed by atoms with Crippen LogP contribution in [-0.2, 0) is 4.79 Å². The smallest absolute Gasteiger partial charge is 0.223 e. The highest BCUT2D eigenvalue weighted by atomic mass is 32.1. The van der Waals surface area contributed by atoms with E-state index in [1.165, 1.54) is 15.8 Å². The summed E-state index contributed by atoms with van der Waals surface area (Å²) >= 11 is 1.73. The van der Waals surface area contributed by atoms with Gasteiger partial charge in [0, 0.05) is 30.4 Å². The SMILES string of the molecule is Cc1sc2ncnc(N3CCC(C(=O)NCCCN(C)C)CC3)c2c1C. The average molecular weight is 376 g/mol. The number of nitrogens with one attached hydrogen (secondary N) is 1. The van der Waals surface area contributed by atoms with Crippen LogP contribution in [0, 0.1) is 19.8 Å². The van der Waals surface area contributed by atoms with Gasteiger partial charge in [0.1, 0.15) is 17.0 Å². The summed E-state index contributed by atoms with van der Waals surface area (Å²) in [5, 5.41) is 4.28. The number of aromatic nitrogens is 2. The van der Waals surface area contributed by atoms with E-state index in [0.29, 0.717) is 0 Å². The van der Waals surface area contributed by atoms with E-state index in [-0.39, 0.29) is 11.8 Å². The van der Waals surface area contributed by atoms with Crippen LogP contribution in [0.1, 0.15) is 29.7 Å². The molecule has 142 valence electrons. The number of anilines is 1. The number of carbonyl (C=O) groups is 1. The number of amides is 1. The van der Waals surface area contributed by atoms with Crippen molar-refractivity contribution >= 4 is 33.3 Å². The molecule has 1 fully saturated rings. The van der Waals surface area contributed by atoms with Gasteiger partial charge in [-0.1, -0.05) is 0 Å². The zero-order valence-electron chi connectivity index (χ0n) is 16.2. The Labute approximate surface area is 159 Å². The van der Waals surface area contributed by atoms with Crippen molar-refractivity contribution in [3.63, 3.8) is 0 Å². The third kappa shape index (κ3) is 4.15.